The Morgan fingerprint density at radius 1 is 0.943 bits per heavy atom. The summed E-state index contributed by atoms with van der Waals surface area (Å²) in [6.45, 7) is -6.05. The van der Waals surface area contributed by atoms with Crippen LogP contribution in [-0.4, -0.2) is 116 Å². The minimum Gasteiger partial charge on any atom is -0.396 e. The SMILES string of the molecule is CC1[C+]=C([C@@H]2O[C@H](COP(=O)(O)OP(O)(=S)OP(=O)(O)OC[C@H]3O[C@@H](n4ccc5c(=O)[nH]c(N)nc54)C(O)[C@H]3O)C(O)C2CO)c2nc(N)[nH]c(=O)c21. The van der Waals surface area contributed by atoms with Crippen LogP contribution in [0.5, 0.6) is 0 Å². The summed E-state index contributed by atoms with van der Waals surface area (Å²) >= 11 is 4.60. The van der Waals surface area contributed by atoms with Crippen LogP contribution in [0, 0.1) is 12.0 Å². The fourth-order valence-electron chi connectivity index (χ4n) is 6.17. The maximum Gasteiger partial charge on any atom is 0.479 e. The van der Waals surface area contributed by atoms with E-state index in [1.165, 1.54) is 16.8 Å². The van der Waals surface area contributed by atoms with Crippen LogP contribution in [0.25, 0.3) is 16.6 Å². The van der Waals surface area contributed by atoms with Crippen molar-refractivity contribution < 1.29 is 71.4 Å². The molecule has 3 aromatic heterocycles. The molecule has 1 aliphatic carbocycles. The van der Waals surface area contributed by atoms with E-state index in [1.807, 2.05) is 0 Å². The molecule has 2 aliphatic heterocycles. The van der Waals surface area contributed by atoms with Gasteiger partial charge in [-0.1, -0.05) is 0 Å². The number of H-pyrrole nitrogens is 2. The van der Waals surface area contributed by atoms with Crippen LogP contribution in [0.4, 0.5) is 11.9 Å². The highest BCUT2D eigenvalue weighted by Gasteiger charge is 2.53. The highest BCUT2D eigenvalue weighted by Crippen LogP contribution is 2.68. The molecule has 0 amide bonds. The van der Waals surface area contributed by atoms with Crippen molar-refractivity contribution in [1.29, 1.82) is 0 Å². The van der Waals surface area contributed by atoms with Crippen molar-refractivity contribution in [3.8, 4) is 0 Å². The van der Waals surface area contributed by atoms with Gasteiger partial charge in [-0.2, -0.15) is 4.98 Å². The first kappa shape index (κ1) is 39.8. The van der Waals surface area contributed by atoms with Gasteiger partial charge in [0.05, 0.1) is 37.4 Å². The normalized spacial score (nSPS) is 31.8. The number of ether oxygens (including phenoxy) is 2. The number of hydrogen-bond donors (Lipinski definition) is 11. The number of nitrogens with zero attached hydrogens (tertiary/aromatic N) is 3. The molecule has 0 bridgehead atoms. The monoisotopic (exact) mass is 828 g/mol. The van der Waals surface area contributed by atoms with Gasteiger partial charge in [0.25, 0.3) is 11.1 Å². The van der Waals surface area contributed by atoms with Gasteiger partial charge in [-0.15, -0.1) is 4.98 Å². The number of nitrogens with one attached hydrogen (secondary N) is 2. The van der Waals surface area contributed by atoms with Gasteiger partial charge in [0.2, 0.25) is 23.2 Å². The van der Waals surface area contributed by atoms with E-state index in [2.05, 4.69) is 46.4 Å². The van der Waals surface area contributed by atoms with Crippen LogP contribution in [-0.2, 0) is 48.1 Å². The molecule has 290 valence electrons. The summed E-state index contributed by atoms with van der Waals surface area (Å²) in [5, 5.41) is 42.0. The van der Waals surface area contributed by atoms with E-state index in [-0.39, 0.29) is 39.8 Å². The summed E-state index contributed by atoms with van der Waals surface area (Å²) in [6.07, 6.45) is -6.10. The van der Waals surface area contributed by atoms with Gasteiger partial charge in [-0.3, -0.25) is 28.6 Å². The number of nitrogen functional groups attached to an aromatic ring is 2. The third-order valence-corrected chi connectivity index (χ3v) is 13.9. The van der Waals surface area contributed by atoms with Crippen molar-refractivity contribution in [2.75, 3.05) is 31.3 Å². The van der Waals surface area contributed by atoms with Crippen LogP contribution < -0.4 is 22.6 Å². The highest BCUT2D eigenvalue weighted by atomic mass is 32.5. The molecule has 0 spiro atoms. The average Bonchev–Trinajstić information content (AvgIpc) is 3.77. The molecule has 53 heavy (non-hydrogen) atoms. The molecule has 24 nitrogen and oxygen atoms in total. The Hall–Kier alpha value is -2.86. The summed E-state index contributed by atoms with van der Waals surface area (Å²) in [6, 6.07) is 1.34. The van der Waals surface area contributed by atoms with Crippen LogP contribution in [0.3, 0.4) is 0 Å². The lowest BCUT2D eigenvalue weighted by atomic mass is 9.91. The summed E-state index contributed by atoms with van der Waals surface area (Å²) in [4.78, 5) is 68.2. The smallest absolute Gasteiger partial charge is 0.396 e. The quantitative estimate of drug-likeness (QED) is 0.0644. The lowest BCUT2D eigenvalue weighted by molar-refractivity contribution is -0.0499. The number of phosphoric acid groups is 2. The Kier molecular flexibility index (Phi) is 11.0. The molecule has 2 fully saturated rings. The predicted octanol–water partition coefficient (Wildman–Crippen LogP) is -2.18. The Labute approximate surface area is 301 Å². The fraction of sp³-hybridized carbons (Fsp3) is 0.520. The molecule has 7 unspecified atom stereocenters. The third kappa shape index (κ3) is 8.10. The van der Waals surface area contributed by atoms with Gasteiger partial charge in [-0.05, 0) is 24.8 Å². The number of rotatable bonds is 13. The van der Waals surface area contributed by atoms with Gasteiger partial charge >= 0.3 is 22.4 Å². The molecular formula is C25H33N7O17P3S+. The van der Waals surface area contributed by atoms with Gasteiger partial charge in [0.15, 0.2) is 17.4 Å². The molecule has 12 atom stereocenters. The maximum absolute atomic E-state index is 12.7. The van der Waals surface area contributed by atoms with Crippen LogP contribution >= 0.6 is 22.4 Å². The number of anilines is 2. The van der Waals surface area contributed by atoms with Crippen LogP contribution in [0.15, 0.2) is 21.9 Å². The zero-order chi connectivity index (χ0) is 38.8. The van der Waals surface area contributed by atoms with Gasteiger partial charge in [0, 0.05) is 12.1 Å². The Bertz CT molecular complexity index is 2200. The summed E-state index contributed by atoms with van der Waals surface area (Å²) in [5.41, 5.74) is 10.7. The van der Waals surface area contributed by atoms with E-state index in [1.54, 1.807) is 6.92 Å². The first-order valence-corrected chi connectivity index (χ1v) is 20.8. The van der Waals surface area contributed by atoms with E-state index in [9.17, 15) is 53.8 Å². The van der Waals surface area contributed by atoms with Crippen molar-refractivity contribution >= 4 is 62.7 Å². The summed E-state index contributed by atoms with van der Waals surface area (Å²) < 4.78 is 56.4. The summed E-state index contributed by atoms with van der Waals surface area (Å²) in [5.74, 6) is -2.07. The Morgan fingerprint density at radius 2 is 1.53 bits per heavy atom. The molecule has 5 heterocycles. The molecule has 3 aromatic rings. The zero-order valence-electron chi connectivity index (χ0n) is 26.9. The van der Waals surface area contributed by atoms with Crippen molar-refractivity contribution in [3.63, 3.8) is 0 Å². The molecule has 0 radical (unpaired) electrons. The Morgan fingerprint density at radius 3 is 2.15 bits per heavy atom. The number of phosphoric ester groups is 2. The number of nitrogens with two attached hydrogens (primary N) is 2. The number of aliphatic hydroxyl groups excluding tert-OH is 4. The standard InChI is InChI=1S/C25H32N7O17P3S/c1-8-4-10(15-14(8)22(38)31-24(26)28-15)19-11(5-33)16(34)12(46-19)6-44-50(39,40)48-52(43,53)49-51(41,42)45-7-13-17(35)18(36)23(47-13)32-3-2-9-20(32)29-25(27)30-21(9)37/h2-3,8,11-13,16-19,23,33-36H,5-7H2,1H3,(H8-,26,27,28,29,30,31,37,38,39,40,41,42,43,53)/p+1/t8?,11?,12-,13-,16?,17+,18?,19+,23-,52?/m1/s1. The van der Waals surface area contributed by atoms with E-state index in [0.29, 0.717) is 0 Å². The second-order valence-corrected chi connectivity index (χ2v) is 18.1. The Balaban J connectivity index is 1.05. The minimum atomic E-state index is -5.47. The first-order valence-electron chi connectivity index (χ1n) is 15.3. The van der Waals surface area contributed by atoms with Crippen molar-refractivity contribution in [1.82, 2.24) is 24.5 Å². The van der Waals surface area contributed by atoms with Crippen LogP contribution in [0.2, 0.25) is 0 Å². The fourth-order valence-corrected chi connectivity index (χ4v) is 11.2. The van der Waals surface area contributed by atoms with Crippen molar-refractivity contribution in [3.05, 3.63) is 50.3 Å². The maximum atomic E-state index is 12.7. The zero-order valence-corrected chi connectivity index (χ0v) is 30.4. The molecule has 0 aromatic carbocycles. The second kappa shape index (κ2) is 14.7. The molecule has 3 aliphatic rings. The number of aromatic nitrogens is 5. The molecular weight excluding hydrogens is 795 g/mol. The molecule has 28 heteroatoms. The number of hydrogen-bond acceptors (Lipinski definition) is 19. The lowest BCUT2D eigenvalue weighted by Crippen LogP contribution is -2.33. The number of allylic oxidation sites excluding steroid dienone is 1. The predicted molar refractivity (Wildman–Crippen MR) is 180 cm³/mol. The first-order chi connectivity index (χ1) is 24.7. The van der Waals surface area contributed by atoms with Crippen molar-refractivity contribution in [2.45, 2.75) is 55.7 Å². The second-order valence-electron chi connectivity index (χ2n) is 12.0. The van der Waals surface area contributed by atoms with E-state index in [0.717, 1.165) is 0 Å². The van der Waals surface area contributed by atoms with Gasteiger partial charge in [0.1, 0.15) is 36.4 Å². The van der Waals surface area contributed by atoms with E-state index >= 15 is 0 Å². The van der Waals surface area contributed by atoms with Crippen LogP contribution in [0.1, 0.15) is 30.3 Å². The number of fused-ring (bicyclic) bond motifs is 2. The number of aliphatic hydroxyl groups is 4. The molecule has 13 N–H and O–H groups in total. The van der Waals surface area contributed by atoms with Crippen molar-refractivity contribution in [2.24, 2.45) is 5.92 Å². The summed E-state index contributed by atoms with van der Waals surface area (Å²) in [7, 11) is -10.9. The average molecular weight is 829 g/mol. The highest BCUT2D eigenvalue weighted by molar-refractivity contribution is 8.09. The lowest BCUT2D eigenvalue weighted by Gasteiger charge is -2.23. The third-order valence-electron chi connectivity index (χ3n) is 8.49. The molecule has 6 rings (SSSR count). The topological polar surface area (TPSA) is 380 Å². The van der Waals surface area contributed by atoms with Gasteiger partial charge < -0.3 is 60.6 Å². The molecule has 0 saturated carbocycles. The molecule has 2 saturated heterocycles. The number of aromatic amines is 2. The van der Waals surface area contributed by atoms with E-state index in [4.69, 9.17) is 30.0 Å². The van der Waals surface area contributed by atoms with E-state index < -0.39 is 108 Å². The largest absolute Gasteiger partial charge is 0.479 e. The minimum absolute atomic E-state index is 0.0122. The van der Waals surface area contributed by atoms with Gasteiger partial charge in [-0.25, -0.2) is 17.8 Å².